The molecule has 0 saturated carbocycles. The quantitative estimate of drug-likeness (QED) is 0.733. The molecule has 130 valence electrons. The van der Waals surface area contributed by atoms with Crippen LogP contribution in [0, 0.1) is 0 Å². The predicted molar refractivity (Wildman–Crippen MR) is 89.2 cm³/mol. The number of nitrogens with one attached hydrogen (secondary N) is 1. The molecule has 1 rings (SSSR count). The van der Waals surface area contributed by atoms with Crippen LogP contribution in [0.4, 0.5) is 4.79 Å². The van der Waals surface area contributed by atoms with Crippen molar-refractivity contribution >= 4 is 6.09 Å². The van der Waals surface area contributed by atoms with E-state index in [-0.39, 0.29) is 6.09 Å². The van der Waals surface area contributed by atoms with Crippen LogP contribution in [-0.2, 0) is 9.47 Å². The Morgan fingerprint density at radius 2 is 2.00 bits per heavy atom. The van der Waals surface area contributed by atoms with Gasteiger partial charge in [-0.05, 0) is 59.4 Å². The van der Waals surface area contributed by atoms with Crippen molar-refractivity contribution in [2.45, 2.75) is 71.4 Å². The van der Waals surface area contributed by atoms with Crippen molar-refractivity contribution in [2.24, 2.45) is 0 Å². The first-order chi connectivity index (χ1) is 10.4. The second kappa shape index (κ2) is 10.1. The van der Waals surface area contributed by atoms with Gasteiger partial charge in [0.15, 0.2) is 0 Å². The average molecular weight is 314 g/mol. The summed E-state index contributed by atoms with van der Waals surface area (Å²) in [6.45, 7) is 12.1. The summed E-state index contributed by atoms with van der Waals surface area (Å²) in [5, 5.41) is 3.59. The lowest BCUT2D eigenvalue weighted by Gasteiger charge is -2.26. The SMILES string of the molecule is CCCOCCCNC1CCCN(C(=O)OC(C)(C)C)CC1. The van der Waals surface area contributed by atoms with E-state index in [1.807, 2.05) is 25.7 Å². The van der Waals surface area contributed by atoms with Crippen molar-refractivity contribution in [1.82, 2.24) is 10.2 Å². The van der Waals surface area contributed by atoms with E-state index in [1.54, 1.807) is 0 Å². The van der Waals surface area contributed by atoms with Crippen molar-refractivity contribution in [3.63, 3.8) is 0 Å². The smallest absolute Gasteiger partial charge is 0.410 e. The standard InChI is InChI=1S/C17H34N2O3/c1-5-13-21-14-7-10-18-15-8-6-11-19(12-9-15)16(20)22-17(2,3)4/h15,18H,5-14H2,1-4H3. The van der Waals surface area contributed by atoms with E-state index in [1.165, 1.54) is 0 Å². The summed E-state index contributed by atoms with van der Waals surface area (Å²) in [5.41, 5.74) is -0.417. The van der Waals surface area contributed by atoms with Gasteiger partial charge in [-0.15, -0.1) is 0 Å². The molecule has 22 heavy (non-hydrogen) atoms. The van der Waals surface area contributed by atoms with Crippen LogP contribution in [0.3, 0.4) is 0 Å². The molecule has 1 N–H and O–H groups in total. The van der Waals surface area contributed by atoms with Gasteiger partial charge in [-0.2, -0.15) is 0 Å². The van der Waals surface area contributed by atoms with Crippen LogP contribution >= 0.6 is 0 Å². The molecule has 1 atom stereocenters. The molecule has 0 aromatic rings. The van der Waals surface area contributed by atoms with Crippen LogP contribution in [0.15, 0.2) is 0 Å². The molecule has 5 heteroatoms. The summed E-state index contributed by atoms with van der Waals surface area (Å²) < 4.78 is 10.9. The zero-order valence-electron chi connectivity index (χ0n) is 14.8. The number of carbonyl (C=O) groups is 1. The van der Waals surface area contributed by atoms with Gasteiger partial charge in [0, 0.05) is 32.3 Å². The summed E-state index contributed by atoms with van der Waals surface area (Å²) in [6, 6.07) is 0.499. The Morgan fingerprint density at radius 3 is 2.68 bits per heavy atom. The zero-order valence-corrected chi connectivity index (χ0v) is 14.8. The first-order valence-corrected chi connectivity index (χ1v) is 8.71. The summed E-state index contributed by atoms with van der Waals surface area (Å²) in [4.78, 5) is 13.9. The van der Waals surface area contributed by atoms with E-state index in [0.717, 1.165) is 65.0 Å². The predicted octanol–water partition coefficient (Wildman–Crippen LogP) is 3.18. The van der Waals surface area contributed by atoms with Gasteiger partial charge in [0.05, 0.1) is 0 Å². The zero-order chi connectivity index (χ0) is 16.4. The van der Waals surface area contributed by atoms with Crippen LogP contribution in [0.2, 0.25) is 0 Å². The van der Waals surface area contributed by atoms with Gasteiger partial charge < -0.3 is 19.7 Å². The van der Waals surface area contributed by atoms with Crippen LogP contribution in [0.1, 0.15) is 59.8 Å². The van der Waals surface area contributed by atoms with E-state index >= 15 is 0 Å². The van der Waals surface area contributed by atoms with E-state index in [2.05, 4.69) is 12.2 Å². The second-order valence-corrected chi connectivity index (χ2v) is 7.02. The minimum absolute atomic E-state index is 0.180. The monoisotopic (exact) mass is 314 g/mol. The molecular formula is C17H34N2O3. The average Bonchev–Trinajstić information content (AvgIpc) is 2.66. The van der Waals surface area contributed by atoms with Gasteiger partial charge in [0.1, 0.15) is 5.60 Å². The molecule has 0 bridgehead atoms. The molecule has 1 amide bonds. The number of rotatable bonds is 7. The van der Waals surface area contributed by atoms with Crippen molar-refractivity contribution < 1.29 is 14.3 Å². The summed E-state index contributed by atoms with van der Waals surface area (Å²) in [7, 11) is 0. The third kappa shape index (κ3) is 8.59. The molecular weight excluding hydrogens is 280 g/mol. The molecule has 1 heterocycles. The molecule has 5 nitrogen and oxygen atoms in total. The summed E-state index contributed by atoms with van der Waals surface area (Å²) in [6.07, 6.45) is 5.09. The lowest BCUT2D eigenvalue weighted by molar-refractivity contribution is 0.0256. The van der Waals surface area contributed by atoms with Crippen LogP contribution in [0.25, 0.3) is 0 Å². The Kier molecular flexibility index (Phi) is 8.79. The van der Waals surface area contributed by atoms with E-state index in [0.29, 0.717) is 6.04 Å². The normalized spacial score (nSPS) is 19.8. The van der Waals surface area contributed by atoms with Gasteiger partial charge in [0.2, 0.25) is 0 Å². The number of likely N-dealkylation sites (tertiary alicyclic amines) is 1. The number of amides is 1. The van der Waals surface area contributed by atoms with E-state index in [9.17, 15) is 4.79 Å². The lowest BCUT2D eigenvalue weighted by Crippen LogP contribution is -2.38. The second-order valence-electron chi connectivity index (χ2n) is 7.02. The topological polar surface area (TPSA) is 50.8 Å². The fourth-order valence-electron chi connectivity index (χ4n) is 2.54. The highest BCUT2D eigenvalue weighted by atomic mass is 16.6. The van der Waals surface area contributed by atoms with Crippen LogP contribution in [-0.4, -0.2) is 55.5 Å². The molecule has 0 aliphatic carbocycles. The molecule has 1 saturated heterocycles. The van der Waals surface area contributed by atoms with Crippen molar-refractivity contribution in [2.75, 3.05) is 32.8 Å². The van der Waals surface area contributed by atoms with Gasteiger partial charge in [-0.1, -0.05) is 6.92 Å². The summed E-state index contributed by atoms with van der Waals surface area (Å²) in [5.74, 6) is 0. The molecule has 1 aliphatic heterocycles. The third-order valence-corrected chi connectivity index (χ3v) is 3.63. The number of hydrogen-bond acceptors (Lipinski definition) is 4. The Balaban J connectivity index is 2.20. The molecule has 1 aliphatic rings. The maximum Gasteiger partial charge on any atom is 0.410 e. The van der Waals surface area contributed by atoms with Crippen molar-refractivity contribution in [3.05, 3.63) is 0 Å². The van der Waals surface area contributed by atoms with E-state index < -0.39 is 5.60 Å². The van der Waals surface area contributed by atoms with E-state index in [4.69, 9.17) is 9.47 Å². The molecule has 1 unspecified atom stereocenters. The molecule has 0 radical (unpaired) electrons. The lowest BCUT2D eigenvalue weighted by atomic mass is 10.1. The number of hydrogen-bond donors (Lipinski definition) is 1. The highest BCUT2D eigenvalue weighted by Gasteiger charge is 2.24. The maximum absolute atomic E-state index is 12.1. The largest absolute Gasteiger partial charge is 0.444 e. The van der Waals surface area contributed by atoms with Gasteiger partial charge >= 0.3 is 6.09 Å². The first kappa shape index (κ1) is 19.2. The highest BCUT2D eigenvalue weighted by Crippen LogP contribution is 2.15. The maximum atomic E-state index is 12.1. The summed E-state index contributed by atoms with van der Waals surface area (Å²) >= 11 is 0. The number of ether oxygens (including phenoxy) is 2. The Morgan fingerprint density at radius 1 is 1.23 bits per heavy atom. The molecule has 1 fully saturated rings. The van der Waals surface area contributed by atoms with Gasteiger partial charge in [-0.25, -0.2) is 4.79 Å². The highest BCUT2D eigenvalue weighted by molar-refractivity contribution is 5.68. The minimum Gasteiger partial charge on any atom is -0.444 e. The van der Waals surface area contributed by atoms with Crippen LogP contribution in [0.5, 0.6) is 0 Å². The van der Waals surface area contributed by atoms with Crippen molar-refractivity contribution in [1.29, 1.82) is 0 Å². The molecule has 0 aromatic heterocycles. The Labute approximate surface area is 135 Å². The Bertz CT molecular complexity index is 316. The van der Waals surface area contributed by atoms with Gasteiger partial charge in [-0.3, -0.25) is 0 Å². The fraction of sp³-hybridized carbons (Fsp3) is 0.941. The number of carbonyl (C=O) groups excluding carboxylic acids is 1. The molecule has 0 spiro atoms. The van der Waals surface area contributed by atoms with Gasteiger partial charge in [0.25, 0.3) is 0 Å². The Hall–Kier alpha value is -0.810. The fourth-order valence-corrected chi connectivity index (χ4v) is 2.54. The van der Waals surface area contributed by atoms with Crippen molar-refractivity contribution in [3.8, 4) is 0 Å². The number of nitrogens with zero attached hydrogens (tertiary/aromatic N) is 1. The third-order valence-electron chi connectivity index (χ3n) is 3.63. The minimum atomic E-state index is -0.417. The van der Waals surface area contributed by atoms with Crippen LogP contribution < -0.4 is 5.32 Å². The first-order valence-electron chi connectivity index (χ1n) is 8.71. The molecule has 0 aromatic carbocycles.